The van der Waals surface area contributed by atoms with Crippen LogP contribution in [0.1, 0.15) is 10.4 Å². The number of rotatable bonds is 5. The summed E-state index contributed by atoms with van der Waals surface area (Å²) in [6.45, 7) is -0.810. The van der Waals surface area contributed by atoms with Gasteiger partial charge in [-0.3, -0.25) is 10.1 Å². The monoisotopic (exact) mass is 464 g/mol. The average Bonchev–Trinajstić information content (AvgIpc) is 3.17. The van der Waals surface area contributed by atoms with Gasteiger partial charge in [0.2, 0.25) is 0 Å². The van der Waals surface area contributed by atoms with Gasteiger partial charge in [-0.25, -0.2) is 27.7 Å². The van der Waals surface area contributed by atoms with Crippen LogP contribution in [-0.4, -0.2) is 30.6 Å². The number of aromatic nitrogens is 1. The Morgan fingerprint density at radius 2 is 1.97 bits per heavy atom. The van der Waals surface area contributed by atoms with Gasteiger partial charge < -0.3 is 13.9 Å². The Bertz CT molecular complexity index is 1450. The minimum Gasteiger partial charge on any atom is -0.493 e. The third-order valence-electron chi connectivity index (χ3n) is 4.27. The number of esters is 1. The highest BCUT2D eigenvalue weighted by Gasteiger charge is 2.20. The molecule has 2 aromatic heterocycles. The van der Waals surface area contributed by atoms with Gasteiger partial charge in [-0.15, -0.1) is 0 Å². The summed E-state index contributed by atoms with van der Waals surface area (Å²) in [5, 5.41) is 2.46. The first-order valence-corrected chi connectivity index (χ1v) is 9.62. The SMILES string of the molecule is COc1cccc2cc(C(=O)OCC(=O)Nc3nc4c(F)c(F)c(F)cc4s3)c(=O)oc12. The van der Waals surface area contributed by atoms with Crippen molar-refractivity contribution in [1.82, 2.24) is 4.98 Å². The molecule has 8 nitrogen and oxygen atoms in total. The zero-order valence-corrected chi connectivity index (χ0v) is 16.8. The van der Waals surface area contributed by atoms with Crippen molar-refractivity contribution < 1.29 is 36.7 Å². The smallest absolute Gasteiger partial charge is 0.351 e. The number of ether oxygens (including phenoxy) is 2. The van der Waals surface area contributed by atoms with Crippen LogP contribution in [0.4, 0.5) is 18.3 Å². The van der Waals surface area contributed by atoms with E-state index in [0.29, 0.717) is 22.5 Å². The summed E-state index contributed by atoms with van der Waals surface area (Å²) >= 11 is 0.694. The van der Waals surface area contributed by atoms with Crippen LogP contribution in [0.2, 0.25) is 0 Å². The summed E-state index contributed by atoms with van der Waals surface area (Å²) < 4.78 is 55.4. The second-order valence-corrected chi connectivity index (χ2v) is 7.33. The Kier molecular flexibility index (Phi) is 5.53. The number of nitrogens with zero attached hydrogens (tertiary/aromatic N) is 1. The largest absolute Gasteiger partial charge is 0.493 e. The zero-order valence-electron chi connectivity index (χ0n) is 16.0. The molecule has 0 radical (unpaired) electrons. The van der Waals surface area contributed by atoms with Gasteiger partial charge in [0.05, 0.1) is 11.8 Å². The highest BCUT2D eigenvalue weighted by atomic mass is 32.1. The van der Waals surface area contributed by atoms with E-state index in [1.165, 1.54) is 13.2 Å². The predicted molar refractivity (Wildman–Crippen MR) is 107 cm³/mol. The average molecular weight is 464 g/mol. The van der Waals surface area contributed by atoms with E-state index >= 15 is 0 Å². The van der Waals surface area contributed by atoms with Gasteiger partial charge in [0, 0.05) is 5.39 Å². The number of fused-ring (bicyclic) bond motifs is 2. The zero-order chi connectivity index (χ0) is 23.0. The van der Waals surface area contributed by atoms with E-state index in [4.69, 9.17) is 13.9 Å². The minimum absolute atomic E-state index is 0.0297. The molecule has 32 heavy (non-hydrogen) atoms. The van der Waals surface area contributed by atoms with Crippen molar-refractivity contribution in [2.45, 2.75) is 0 Å². The summed E-state index contributed by atoms with van der Waals surface area (Å²) in [5.74, 6) is -6.24. The summed E-state index contributed by atoms with van der Waals surface area (Å²) in [6, 6.07) is 6.77. The molecule has 1 N–H and O–H groups in total. The molecule has 4 rings (SSSR count). The molecule has 0 aliphatic rings. The van der Waals surface area contributed by atoms with Crippen LogP contribution in [0.15, 0.2) is 39.5 Å². The maximum atomic E-state index is 13.7. The number of hydrogen-bond donors (Lipinski definition) is 1. The van der Waals surface area contributed by atoms with Crippen LogP contribution in [-0.2, 0) is 9.53 Å². The molecule has 0 saturated heterocycles. The lowest BCUT2D eigenvalue weighted by Gasteiger charge is -2.06. The van der Waals surface area contributed by atoms with Crippen molar-refractivity contribution in [3.05, 3.63) is 63.8 Å². The Morgan fingerprint density at radius 3 is 2.72 bits per heavy atom. The lowest BCUT2D eigenvalue weighted by Crippen LogP contribution is -2.23. The van der Waals surface area contributed by atoms with E-state index in [-0.39, 0.29) is 15.4 Å². The van der Waals surface area contributed by atoms with E-state index in [0.717, 1.165) is 6.07 Å². The number of methoxy groups -OCH3 is 1. The molecule has 0 aliphatic heterocycles. The summed E-state index contributed by atoms with van der Waals surface area (Å²) in [7, 11) is 1.39. The van der Waals surface area contributed by atoms with Gasteiger partial charge in [0.25, 0.3) is 5.91 Å². The first-order valence-electron chi connectivity index (χ1n) is 8.80. The molecule has 0 unspecified atom stereocenters. The van der Waals surface area contributed by atoms with E-state index < -0.39 is 52.6 Å². The Hall–Kier alpha value is -3.93. The van der Waals surface area contributed by atoms with Crippen LogP contribution in [0.5, 0.6) is 5.75 Å². The number of benzene rings is 2. The van der Waals surface area contributed by atoms with Crippen molar-refractivity contribution >= 4 is 49.5 Å². The van der Waals surface area contributed by atoms with Gasteiger partial charge in [-0.2, -0.15) is 0 Å². The van der Waals surface area contributed by atoms with Crippen LogP contribution < -0.4 is 15.7 Å². The number of para-hydroxylation sites is 1. The maximum Gasteiger partial charge on any atom is 0.351 e. The first-order chi connectivity index (χ1) is 15.3. The number of halogens is 3. The number of thiazole rings is 1. The summed E-state index contributed by atoms with van der Waals surface area (Å²) in [4.78, 5) is 40.1. The standard InChI is InChI=1S/C20H11F3N2O6S/c1-29-11-4-2-3-8-5-9(19(28)31-17(8)11)18(27)30-7-13(26)24-20-25-16-12(32-20)6-10(21)14(22)15(16)23/h2-6H,7H2,1H3,(H,24,25,26). The van der Waals surface area contributed by atoms with E-state index in [9.17, 15) is 27.6 Å². The number of nitrogens with one attached hydrogen (secondary N) is 1. The highest BCUT2D eigenvalue weighted by molar-refractivity contribution is 7.22. The number of anilines is 1. The molecular weight excluding hydrogens is 453 g/mol. The van der Waals surface area contributed by atoms with Crippen LogP contribution in [0, 0.1) is 17.5 Å². The molecule has 0 saturated carbocycles. The van der Waals surface area contributed by atoms with Gasteiger partial charge >= 0.3 is 11.6 Å². The fourth-order valence-electron chi connectivity index (χ4n) is 2.81. The molecule has 0 atom stereocenters. The van der Waals surface area contributed by atoms with Gasteiger partial charge in [-0.05, 0) is 18.2 Å². The normalized spacial score (nSPS) is 11.0. The summed E-state index contributed by atoms with van der Waals surface area (Å²) in [5.41, 5.74) is -1.74. The lowest BCUT2D eigenvalue weighted by atomic mass is 10.2. The molecule has 12 heteroatoms. The molecule has 2 heterocycles. The lowest BCUT2D eigenvalue weighted by molar-refractivity contribution is -0.119. The van der Waals surface area contributed by atoms with Gasteiger partial charge in [-0.1, -0.05) is 23.5 Å². The molecule has 0 spiro atoms. The molecule has 0 aliphatic carbocycles. The third kappa shape index (κ3) is 3.87. The predicted octanol–water partition coefficient (Wildman–Crippen LogP) is 3.62. The number of amides is 1. The topological polar surface area (TPSA) is 108 Å². The molecule has 2 aromatic carbocycles. The highest BCUT2D eigenvalue weighted by Crippen LogP contribution is 2.30. The summed E-state index contributed by atoms with van der Waals surface area (Å²) in [6.07, 6.45) is 0. The Morgan fingerprint density at radius 1 is 1.19 bits per heavy atom. The molecule has 0 bridgehead atoms. The van der Waals surface area contributed by atoms with Crippen molar-refractivity contribution in [2.24, 2.45) is 0 Å². The van der Waals surface area contributed by atoms with Crippen molar-refractivity contribution in [1.29, 1.82) is 0 Å². The van der Waals surface area contributed by atoms with E-state index in [2.05, 4.69) is 10.3 Å². The number of carbonyl (C=O) groups excluding carboxylic acids is 2. The molecule has 1 amide bonds. The molecule has 0 fully saturated rings. The third-order valence-corrected chi connectivity index (χ3v) is 5.18. The second-order valence-electron chi connectivity index (χ2n) is 6.30. The van der Waals surface area contributed by atoms with Crippen LogP contribution in [0.25, 0.3) is 21.2 Å². The van der Waals surface area contributed by atoms with Crippen molar-refractivity contribution in [3.8, 4) is 5.75 Å². The second kappa shape index (κ2) is 8.30. The molecule has 4 aromatic rings. The van der Waals surface area contributed by atoms with Crippen molar-refractivity contribution in [2.75, 3.05) is 19.0 Å². The minimum atomic E-state index is -1.68. The van der Waals surface area contributed by atoms with Gasteiger partial charge in [0.1, 0.15) is 11.1 Å². The van der Waals surface area contributed by atoms with Crippen molar-refractivity contribution in [3.63, 3.8) is 0 Å². The number of hydrogen-bond acceptors (Lipinski definition) is 8. The van der Waals surface area contributed by atoms with E-state index in [1.54, 1.807) is 18.2 Å². The molecular formula is C20H11F3N2O6S. The Balaban J connectivity index is 1.47. The molecule has 164 valence electrons. The fourth-order valence-corrected chi connectivity index (χ4v) is 3.72. The van der Waals surface area contributed by atoms with Crippen LogP contribution in [0.3, 0.4) is 0 Å². The number of carbonyl (C=O) groups is 2. The maximum absolute atomic E-state index is 13.7. The van der Waals surface area contributed by atoms with Gasteiger partial charge in [0.15, 0.2) is 40.5 Å². The Labute approximate surface area is 180 Å². The quantitative estimate of drug-likeness (QED) is 0.273. The first kappa shape index (κ1) is 21.3. The van der Waals surface area contributed by atoms with Crippen LogP contribution >= 0.6 is 11.3 Å². The van der Waals surface area contributed by atoms with E-state index in [1.807, 2.05) is 0 Å². The fraction of sp³-hybridized carbons (Fsp3) is 0.100.